The molecule has 3 rings (SSSR count). The molecule has 0 aromatic heterocycles. The first kappa shape index (κ1) is 7.56. The third kappa shape index (κ3) is 1.08. The molecular formula is C12H10N2. The van der Waals surface area contributed by atoms with Crippen molar-refractivity contribution in [2.24, 2.45) is 4.99 Å². The molecule has 0 bridgehead atoms. The van der Waals surface area contributed by atoms with Gasteiger partial charge < -0.3 is 5.32 Å². The summed E-state index contributed by atoms with van der Waals surface area (Å²) in [5, 5.41) is 3.40. The summed E-state index contributed by atoms with van der Waals surface area (Å²) in [6.07, 6.45) is 6.08. The number of anilines is 1. The van der Waals surface area contributed by atoms with E-state index < -0.39 is 0 Å². The Morgan fingerprint density at radius 2 is 2.14 bits per heavy atom. The highest BCUT2D eigenvalue weighted by Gasteiger charge is 2.14. The normalized spacial score (nSPS) is 17.4. The molecule has 0 aliphatic carbocycles. The molecule has 2 heterocycles. The smallest absolute Gasteiger partial charge is 0.0660 e. The maximum absolute atomic E-state index is 4.22. The van der Waals surface area contributed by atoms with Crippen LogP contribution in [0.1, 0.15) is 5.56 Å². The van der Waals surface area contributed by atoms with Gasteiger partial charge in [0.15, 0.2) is 0 Å². The van der Waals surface area contributed by atoms with Crippen LogP contribution >= 0.6 is 0 Å². The topological polar surface area (TPSA) is 24.4 Å². The van der Waals surface area contributed by atoms with E-state index in [1.807, 2.05) is 18.4 Å². The van der Waals surface area contributed by atoms with E-state index in [-0.39, 0.29) is 0 Å². The molecular weight excluding hydrogens is 172 g/mol. The van der Waals surface area contributed by atoms with E-state index in [9.17, 15) is 0 Å². The van der Waals surface area contributed by atoms with Crippen LogP contribution in [0.3, 0.4) is 0 Å². The third-order valence-electron chi connectivity index (χ3n) is 2.51. The zero-order chi connectivity index (χ0) is 9.38. The second-order valence-corrected chi connectivity index (χ2v) is 3.45. The van der Waals surface area contributed by atoms with Crippen LogP contribution in [0.5, 0.6) is 0 Å². The van der Waals surface area contributed by atoms with Crippen molar-refractivity contribution in [2.45, 2.75) is 0 Å². The number of para-hydroxylation sites is 1. The van der Waals surface area contributed by atoms with E-state index in [4.69, 9.17) is 0 Å². The molecule has 0 radical (unpaired) electrons. The SMILES string of the molecule is C1=NCC2=Cc3ccccc3NC2=C1. The van der Waals surface area contributed by atoms with Crippen LogP contribution in [0.4, 0.5) is 5.69 Å². The number of dihydropyridines is 1. The summed E-state index contributed by atoms with van der Waals surface area (Å²) in [6.45, 7) is 0.785. The van der Waals surface area contributed by atoms with Gasteiger partial charge in [-0.3, -0.25) is 4.99 Å². The quantitative estimate of drug-likeness (QED) is 0.654. The summed E-state index contributed by atoms with van der Waals surface area (Å²) >= 11 is 0. The summed E-state index contributed by atoms with van der Waals surface area (Å²) in [5.74, 6) is 0. The third-order valence-corrected chi connectivity index (χ3v) is 2.51. The standard InChI is InChI=1S/C12H10N2/c1-2-4-11-9(3-1)7-10-8-13-6-5-12(10)14-11/h1-7,14H,8H2. The van der Waals surface area contributed by atoms with Crippen molar-refractivity contribution in [3.05, 3.63) is 47.2 Å². The molecule has 2 aliphatic heterocycles. The van der Waals surface area contributed by atoms with Gasteiger partial charge in [0.05, 0.1) is 6.54 Å². The first-order chi connectivity index (χ1) is 6.93. The zero-order valence-electron chi connectivity index (χ0n) is 7.70. The maximum atomic E-state index is 4.22. The van der Waals surface area contributed by atoms with Crippen LogP contribution in [0, 0.1) is 0 Å². The highest BCUT2D eigenvalue weighted by Crippen LogP contribution is 2.29. The molecule has 14 heavy (non-hydrogen) atoms. The van der Waals surface area contributed by atoms with Gasteiger partial charge in [0.2, 0.25) is 0 Å². The molecule has 0 fully saturated rings. The molecule has 2 aliphatic rings. The molecule has 0 amide bonds. The minimum atomic E-state index is 0.785. The molecule has 1 aromatic carbocycles. The molecule has 0 spiro atoms. The molecule has 0 atom stereocenters. The average molecular weight is 182 g/mol. The van der Waals surface area contributed by atoms with E-state index in [1.54, 1.807) is 0 Å². The molecule has 2 heteroatoms. The van der Waals surface area contributed by atoms with Crippen molar-refractivity contribution >= 4 is 18.0 Å². The first-order valence-corrected chi connectivity index (χ1v) is 4.70. The van der Waals surface area contributed by atoms with Gasteiger partial charge >= 0.3 is 0 Å². The van der Waals surface area contributed by atoms with Gasteiger partial charge in [0, 0.05) is 17.6 Å². The molecule has 2 nitrogen and oxygen atoms in total. The van der Waals surface area contributed by atoms with Crippen LogP contribution < -0.4 is 5.32 Å². The van der Waals surface area contributed by atoms with E-state index in [1.165, 1.54) is 22.5 Å². The van der Waals surface area contributed by atoms with E-state index in [2.05, 4.69) is 34.6 Å². The lowest BCUT2D eigenvalue weighted by atomic mass is 10.0. The lowest BCUT2D eigenvalue weighted by Gasteiger charge is -2.22. The Labute approximate surface area is 82.7 Å². The van der Waals surface area contributed by atoms with Gasteiger partial charge in [0.1, 0.15) is 0 Å². The van der Waals surface area contributed by atoms with Crippen LogP contribution in [-0.2, 0) is 0 Å². The largest absolute Gasteiger partial charge is 0.355 e. The number of allylic oxidation sites excluding steroid dienone is 1. The lowest BCUT2D eigenvalue weighted by molar-refractivity contribution is 1.13. The monoisotopic (exact) mass is 182 g/mol. The van der Waals surface area contributed by atoms with E-state index in [0.717, 1.165) is 6.54 Å². The van der Waals surface area contributed by atoms with Crippen LogP contribution in [0.2, 0.25) is 0 Å². The average Bonchev–Trinajstić information content (AvgIpc) is 2.26. The van der Waals surface area contributed by atoms with Gasteiger partial charge in [-0.25, -0.2) is 0 Å². The molecule has 0 unspecified atom stereocenters. The van der Waals surface area contributed by atoms with E-state index >= 15 is 0 Å². The number of nitrogens with zero attached hydrogens (tertiary/aromatic N) is 1. The van der Waals surface area contributed by atoms with E-state index in [0.29, 0.717) is 0 Å². The highest BCUT2D eigenvalue weighted by molar-refractivity contribution is 5.85. The molecule has 0 saturated heterocycles. The Bertz CT molecular complexity index is 467. The number of rotatable bonds is 0. The second kappa shape index (κ2) is 2.84. The Morgan fingerprint density at radius 1 is 1.21 bits per heavy atom. The number of benzene rings is 1. The Kier molecular flexibility index (Phi) is 1.53. The van der Waals surface area contributed by atoms with Crippen molar-refractivity contribution in [1.29, 1.82) is 0 Å². The van der Waals surface area contributed by atoms with Gasteiger partial charge in [-0.05, 0) is 29.4 Å². The van der Waals surface area contributed by atoms with Gasteiger partial charge in [0.25, 0.3) is 0 Å². The van der Waals surface area contributed by atoms with Gasteiger partial charge in [-0.1, -0.05) is 18.2 Å². The summed E-state index contributed by atoms with van der Waals surface area (Å²) in [4.78, 5) is 4.22. The minimum Gasteiger partial charge on any atom is -0.355 e. The number of nitrogens with one attached hydrogen (secondary N) is 1. The maximum Gasteiger partial charge on any atom is 0.0660 e. The molecule has 0 saturated carbocycles. The van der Waals surface area contributed by atoms with Crippen LogP contribution in [0.25, 0.3) is 6.08 Å². The zero-order valence-corrected chi connectivity index (χ0v) is 7.70. The number of hydrogen-bond acceptors (Lipinski definition) is 2. The van der Waals surface area contributed by atoms with Crippen molar-refractivity contribution in [2.75, 3.05) is 11.9 Å². The lowest BCUT2D eigenvalue weighted by Crippen LogP contribution is -2.13. The Morgan fingerprint density at radius 3 is 3.14 bits per heavy atom. The molecule has 1 N–H and O–H groups in total. The minimum absolute atomic E-state index is 0.785. The van der Waals surface area contributed by atoms with Crippen molar-refractivity contribution in [3.8, 4) is 0 Å². The summed E-state index contributed by atoms with van der Waals surface area (Å²) < 4.78 is 0. The second-order valence-electron chi connectivity index (χ2n) is 3.45. The number of hydrogen-bond donors (Lipinski definition) is 1. The van der Waals surface area contributed by atoms with Crippen LogP contribution in [0.15, 0.2) is 46.6 Å². The summed E-state index contributed by atoms with van der Waals surface area (Å²) in [7, 11) is 0. The van der Waals surface area contributed by atoms with Crippen molar-refractivity contribution in [3.63, 3.8) is 0 Å². The highest BCUT2D eigenvalue weighted by atomic mass is 14.9. The van der Waals surface area contributed by atoms with Crippen LogP contribution in [-0.4, -0.2) is 12.8 Å². The van der Waals surface area contributed by atoms with Gasteiger partial charge in [-0.2, -0.15) is 0 Å². The van der Waals surface area contributed by atoms with Crippen molar-refractivity contribution in [1.82, 2.24) is 0 Å². The number of fused-ring (bicyclic) bond motifs is 2. The Hall–Kier alpha value is -1.83. The number of aliphatic imine (C=N–C) groups is 1. The fourth-order valence-corrected chi connectivity index (χ4v) is 1.79. The molecule has 68 valence electrons. The first-order valence-electron chi connectivity index (χ1n) is 4.70. The van der Waals surface area contributed by atoms with Gasteiger partial charge in [-0.15, -0.1) is 0 Å². The predicted octanol–water partition coefficient (Wildman–Crippen LogP) is 2.46. The fraction of sp³-hybridized carbons (Fsp3) is 0.0833. The summed E-state index contributed by atoms with van der Waals surface area (Å²) in [6, 6.07) is 8.31. The van der Waals surface area contributed by atoms with Crippen molar-refractivity contribution < 1.29 is 0 Å². The predicted molar refractivity (Wildman–Crippen MR) is 59.5 cm³/mol. The Balaban J connectivity index is 2.15. The molecule has 1 aromatic rings. The summed E-state index contributed by atoms with van der Waals surface area (Å²) in [5.41, 5.74) is 4.87. The fourth-order valence-electron chi connectivity index (χ4n) is 1.79.